The van der Waals surface area contributed by atoms with Gasteiger partial charge in [-0.2, -0.15) is 0 Å². The fourth-order valence-electron chi connectivity index (χ4n) is 2.17. The molecule has 1 saturated heterocycles. The molecule has 1 aliphatic heterocycles. The Balaban J connectivity index is 1.86. The van der Waals surface area contributed by atoms with Gasteiger partial charge in [-0.05, 0) is 12.0 Å². The van der Waals surface area contributed by atoms with E-state index in [2.05, 4.69) is 0 Å². The molecule has 18 heavy (non-hydrogen) atoms. The molecule has 1 aromatic carbocycles. The summed E-state index contributed by atoms with van der Waals surface area (Å²) in [4.78, 5) is 23.8. The van der Waals surface area contributed by atoms with Gasteiger partial charge in [-0.3, -0.25) is 14.5 Å². The van der Waals surface area contributed by atoms with Crippen molar-refractivity contribution < 1.29 is 19.8 Å². The van der Waals surface area contributed by atoms with E-state index in [0.717, 1.165) is 6.42 Å². The highest BCUT2D eigenvalue weighted by Gasteiger charge is 2.55. The Bertz CT molecular complexity index is 435. The highest BCUT2D eigenvalue weighted by Crippen LogP contribution is 2.31. The minimum atomic E-state index is -1.60. The van der Waals surface area contributed by atoms with Gasteiger partial charge in [0.25, 0.3) is 0 Å². The van der Waals surface area contributed by atoms with Gasteiger partial charge >= 0.3 is 11.9 Å². The van der Waals surface area contributed by atoms with Gasteiger partial charge in [-0.1, -0.05) is 30.3 Å². The zero-order valence-corrected chi connectivity index (χ0v) is 9.87. The van der Waals surface area contributed by atoms with E-state index < -0.39 is 17.4 Å². The van der Waals surface area contributed by atoms with Crippen molar-refractivity contribution >= 4 is 11.9 Å². The van der Waals surface area contributed by atoms with Gasteiger partial charge in [-0.15, -0.1) is 0 Å². The van der Waals surface area contributed by atoms with E-state index in [1.807, 2.05) is 35.2 Å². The molecule has 0 bridgehead atoms. The van der Waals surface area contributed by atoms with Gasteiger partial charge < -0.3 is 10.2 Å². The molecule has 0 amide bonds. The Hall–Kier alpha value is -1.88. The molecule has 0 unspecified atom stereocenters. The molecular formula is C13H15NO4. The number of carboxylic acids is 2. The van der Waals surface area contributed by atoms with Crippen molar-refractivity contribution in [2.24, 2.45) is 5.41 Å². The van der Waals surface area contributed by atoms with E-state index in [1.54, 1.807) is 0 Å². The molecule has 1 heterocycles. The average Bonchev–Trinajstić information content (AvgIpc) is 2.27. The van der Waals surface area contributed by atoms with Crippen LogP contribution in [0.15, 0.2) is 30.3 Å². The molecule has 0 aliphatic carbocycles. The number of likely N-dealkylation sites (tertiary alicyclic amines) is 1. The van der Waals surface area contributed by atoms with Crippen LogP contribution in [0.3, 0.4) is 0 Å². The van der Waals surface area contributed by atoms with Crippen LogP contribution in [0.4, 0.5) is 0 Å². The lowest BCUT2D eigenvalue weighted by Crippen LogP contribution is -2.64. The van der Waals surface area contributed by atoms with Crippen molar-refractivity contribution in [3.63, 3.8) is 0 Å². The normalized spacial score (nSPS) is 18.0. The van der Waals surface area contributed by atoms with Crippen molar-refractivity contribution in [1.82, 2.24) is 4.90 Å². The molecule has 1 aromatic rings. The molecular weight excluding hydrogens is 234 g/mol. The summed E-state index contributed by atoms with van der Waals surface area (Å²) < 4.78 is 0. The van der Waals surface area contributed by atoms with Crippen LogP contribution in [0.5, 0.6) is 0 Å². The summed E-state index contributed by atoms with van der Waals surface area (Å²) in [5.41, 5.74) is -0.433. The first-order valence-corrected chi connectivity index (χ1v) is 5.78. The fraction of sp³-hybridized carbons (Fsp3) is 0.385. The number of hydrogen-bond donors (Lipinski definition) is 2. The first-order chi connectivity index (χ1) is 8.54. The van der Waals surface area contributed by atoms with Crippen molar-refractivity contribution in [2.45, 2.75) is 6.42 Å². The second-order valence-electron chi connectivity index (χ2n) is 4.64. The summed E-state index contributed by atoms with van der Waals surface area (Å²) in [5.74, 6) is -2.49. The lowest BCUT2D eigenvalue weighted by atomic mass is 9.79. The molecule has 5 nitrogen and oxygen atoms in total. The van der Waals surface area contributed by atoms with Crippen LogP contribution in [0.1, 0.15) is 5.56 Å². The Morgan fingerprint density at radius 2 is 1.67 bits per heavy atom. The predicted molar refractivity (Wildman–Crippen MR) is 64.3 cm³/mol. The number of hydrogen-bond acceptors (Lipinski definition) is 3. The van der Waals surface area contributed by atoms with E-state index >= 15 is 0 Å². The van der Waals surface area contributed by atoms with Gasteiger partial charge in [-0.25, -0.2) is 0 Å². The molecule has 0 aromatic heterocycles. The molecule has 5 heteroatoms. The number of carbonyl (C=O) groups is 2. The Kier molecular flexibility index (Phi) is 3.34. The lowest BCUT2D eigenvalue weighted by Gasteiger charge is -2.44. The maximum atomic E-state index is 11.0. The third-order valence-corrected chi connectivity index (χ3v) is 3.37. The first-order valence-electron chi connectivity index (χ1n) is 5.78. The molecule has 2 rings (SSSR count). The first kappa shape index (κ1) is 12.6. The minimum absolute atomic E-state index is 0.0878. The Morgan fingerprint density at radius 1 is 1.11 bits per heavy atom. The van der Waals surface area contributed by atoms with Gasteiger partial charge in [0.2, 0.25) is 0 Å². The van der Waals surface area contributed by atoms with E-state index in [0.29, 0.717) is 6.54 Å². The minimum Gasteiger partial charge on any atom is -0.480 e. The smallest absolute Gasteiger partial charge is 0.323 e. The highest BCUT2D eigenvalue weighted by atomic mass is 16.4. The molecule has 96 valence electrons. The van der Waals surface area contributed by atoms with Crippen LogP contribution >= 0.6 is 0 Å². The molecule has 1 fully saturated rings. The molecule has 0 saturated carbocycles. The highest BCUT2D eigenvalue weighted by molar-refractivity contribution is 6.00. The van der Waals surface area contributed by atoms with E-state index in [1.165, 1.54) is 5.56 Å². The lowest BCUT2D eigenvalue weighted by molar-refractivity contribution is -0.177. The molecule has 2 N–H and O–H groups in total. The molecule has 0 radical (unpaired) electrons. The standard InChI is InChI=1S/C13H15NO4/c15-11(16)13(12(17)18)8-14(9-13)7-6-10-4-2-1-3-5-10/h1-5H,6-9H2,(H,15,16)(H,17,18). The molecule has 0 spiro atoms. The largest absolute Gasteiger partial charge is 0.480 e. The van der Waals surface area contributed by atoms with Crippen LogP contribution in [-0.4, -0.2) is 46.7 Å². The summed E-state index contributed by atoms with van der Waals surface area (Å²) in [6, 6.07) is 9.84. The van der Waals surface area contributed by atoms with Crippen molar-refractivity contribution in [3.8, 4) is 0 Å². The van der Waals surface area contributed by atoms with Gasteiger partial charge in [0, 0.05) is 19.6 Å². The van der Waals surface area contributed by atoms with E-state index in [9.17, 15) is 9.59 Å². The maximum Gasteiger partial charge on any atom is 0.323 e. The van der Waals surface area contributed by atoms with Crippen LogP contribution < -0.4 is 0 Å². The second-order valence-corrected chi connectivity index (χ2v) is 4.64. The second kappa shape index (κ2) is 4.78. The van der Waals surface area contributed by atoms with Crippen LogP contribution in [0.25, 0.3) is 0 Å². The van der Waals surface area contributed by atoms with Crippen LogP contribution in [0.2, 0.25) is 0 Å². The number of nitrogens with zero attached hydrogens (tertiary/aromatic N) is 1. The number of aliphatic carboxylic acids is 2. The van der Waals surface area contributed by atoms with Crippen LogP contribution in [-0.2, 0) is 16.0 Å². The van der Waals surface area contributed by atoms with Crippen LogP contribution in [0, 0.1) is 5.41 Å². The summed E-state index contributed by atoms with van der Waals surface area (Å²) in [6.07, 6.45) is 0.802. The summed E-state index contributed by atoms with van der Waals surface area (Å²) in [5, 5.41) is 17.9. The third-order valence-electron chi connectivity index (χ3n) is 3.37. The van der Waals surface area contributed by atoms with Crippen molar-refractivity contribution in [2.75, 3.05) is 19.6 Å². The predicted octanol–water partition coefficient (Wildman–Crippen LogP) is 0.700. The summed E-state index contributed by atoms with van der Waals surface area (Å²) >= 11 is 0. The Morgan fingerprint density at radius 3 is 2.17 bits per heavy atom. The fourth-order valence-corrected chi connectivity index (χ4v) is 2.17. The van der Waals surface area contributed by atoms with E-state index in [-0.39, 0.29) is 13.1 Å². The average molecular weight is 249 g/mol. The summed E-state index contributed by atoms with van der Waals surface area (Å²) in [6.45, 7) is 0.862. The van der Waals surface area contributed by atoms with Gasteiger partial charge in [0.05, 0.1) is 0 Å². The number of carboxylic acid groups (broad SMARTS) is 2. The van der Waals surface area contributed by atoms with Crippen molar-refractivity contribution in [1.29, 1.82) is 0 Å². The zero-order valence-electron chi connectivity index (χ0n) is 9.87. The third kappa shape index (κ3) is 2.22. The molecule has 0 atom stereocenters. The Labute approximate surface area is 105 Å². The number of benzene rings is 1. The summed E-state index contributed by atoms with van der Waals surface area (Å²) in [7, 11) is 0. The molecule has 1 aliphatic rings. The van der Waals surface area contributed by atoms with Gasteiger partial charge in [0.1, 0.15) is 0 Å². The topological polar surface area (TPSA) is 77.8 Å². The monoisotopic (exact) mass is 249 g/mol. The number of rotatable bonds is 5. The van der Waals surface area contributed by atoms with Gasteiger partial charge in [0.15, 0.2) is 5.41 Å². The maximum absolute atomic E-state index is 11.0. The zero-order chi connectivity index (χ0) is 13.2. The van der Waals surface area contributed by atoms with Crippen molar-refractivity contribution in [3.05, 3.63) is 35.9 Å². The SMILES string of the molecule is O=C(O)C1(C(=O)O)CN(CCc2ccccc2)C1. The quantitative estimate of drug-likeness (QED) is 0.751. The van der Waals surface area contributed by atoms with E-state index in [4.69, 9.17) is 10.2 Å².